The third kappa shape index (κ3) is 4.87. The minimum atomic E-state index is -0.0772. The number of nitrogens with one attached hydrogen (secondary N) is 1. The van der Waals surface area contributed by atoms with E-state index in [-0.39, 0.29) is 5.91 Å². The van der Waals surface area contributed by atoms with Crippen LogP contribution in [0.1, 0.15) is 30.0 Å². The second-order valence-corrected chi connectivity index (χ2v) is 6.63. The number of aromatic nitrogens is 3. The van der Waals surface area contributed by atoms with Crippen molar-refractivity contribution in [2.24, 2.45) is 13.0 Å². The number of hydrogen-bond acceptors (Lipinski definition) is 4. The molecule has 118 valence electrons. The number of nitrogens with zero attached hydrogens (tertiary/aromatic N) is 3. The highest BCUT2D eigenvalue weighted by Gasteiger charge is 2.13. The van der Waals surface area contributed by atoms with E-state index in [0.717, 1.165) is 22.9 Å². The molecule has 0 aliphatic heterocycles. The number of hydrogen-bond donors (Lipinski definition) is 1. The lowest BCUT2D eigenvalue weighted by Gasteiger charge is -2.04. The normalized spacial score (nSPS) is 10.9. The minimum absolute atomic E-state index is 0.0772. The molecular weight excluding hydrogens is 296 g/mol. The van der Waals surface area contributed by atoms with E-state index in [2.05, 4.69) is 29.2 Å². The number of thioether (sulfide) groups is 1. The second-order valence-electron chi connectivity index (χ2n) is 5.51. The van der Waals surface area contributed by atoms with Gasteiger partial charge in [0.1, 0.15) is 5.69 Å². The van der Waals surface area contributed by atoms with Crippen LogP contribution in [0.3, 0.4) is 0 Å². The predicted octanol–water partition coefficient (Wildman–Crippen LogP) is 2.54. The van der Waals surface area contributed by atoms with Crippen LogP contribution in [0.25, 0.3) is 0 Å². The summed E-state index contributed by atoms with van der Waals surface area (Å²) in [7, 11) is 1.81. The smallest absolute Gasteiger partial charge is 0.269 e. The summed E-state index contributed by atoms with van der Waals surface area (Å²) in [6.07, 6.45) is 2.66. The Morgan fingerprint density at radius 3 is 2.91 bits per heavy atom. The van der Waals surface area contributed by atoms with Crippen LogP contribution in [0, 0.1) is 5.92 Å². The van der Waals surface area contributed by atoms with Crippen molar-refractivity contribution in [3.05, 3.63) is 41.9 Å². The molecule has 2 rings (SSSR count). The molecule has 0 saturated carbocycles. The van der Waals surface area contributed by atoms with E-state index in [1.807, 2.05) is 24.3 Å². The van der Waals surface area contributed by atoms with Crippen molar-refractivity contribution >= 4 is 17.7 Å². The highest BCUT2D eigenvalue weighted by molar-refractivity contribution is 7.99. The first-order chi connectivity index (χ1) is 10.6. The van der Waals surface area contributed by atoms with Crippen molar-refractivity contribution in [2.45, 2.75) is 25.3 Å². The van der Waals surface area contributed by atoms with Gasteiger partial charge in [0.2, 0.25) is 0 Å². The zero-order chi connectivity index (χ0) is 15.9. The van der Waals surface area contributed by atoms with Crippen LogP contribution in [0.5, 0.6) is 0 Å². The number of pyridine rings is 1. The summed E-state index contributed by atoms with van der Waals surface area (Å²) >= 11 is 1.63. The number of carbonyl (C=O) groups is 1. The van der Waals surface area contributed by atoms with Gasteiger partial charge in [0.25, 0.3) is 5.91 Å². The topological polar surface area (TPSA) is 59.8 Å². The van der Waals surface area contributed by atoms with E-state index >= 15 is 0 Å². The van der Waals surface area contributed by atoms with Crippen LogP contribution in [0.15, 0.2) is 35.5 Å². The Morgan fingerprint density at radius 1 is 1.41 bits per heavy atom. The van der Waals surface area contributed by atoms with Crippen LogP contribution < -0.4 is 5.32 Å². The summed E-state index contributed by atoms with van der Waals surface area (Å²) in [5, 5.41) is 8.29. The molecule has 0 atom stereocenters. The third-order valence-electron chi connectivity index (χ3n) is 3.06. The molecule has 0 fully saturated rings. The molecule has 2 aromatic heterocycles. The van der Waals surface area contributed by atoms with E-state index in [1.165, 1.54) is 0 Å². The Labute approximate surface area is 135 Å². The van der Waals surface area contributed by atoms with Gasteiger partial charge in [-0.05, 0) is 30.5 Å². The van der Waals surface area contributed by atoms with Crippen LogP contribution >= 0.6 is 11.8 Å². The Hall–Kier alpha value is -1.82. The van der Waals surface area contributed by atoms with Gasteiger partial charge in [0.05, 0.1) is 10.7 Å². The zero-order valence-corrected chi connectivity index (χ0v) is 14.1. The Kier molecular flexibility index (Phi) is 6.00. The predicted molar refractivity (Wildman–Crippen MR) is 89.0 cm³/mol. The SMILES string of the molecule is CC(C)Cc1cc(C(=O)NCCSc2ccccn2)n(C)n1. The lowest BCUT2D eigenvalue weighted by Crippen LogP contribution is -2.27. The molecule has 1 amide bonds. The quantitative estimate of drug-likeness (QED) is 0.629. The summed E-state index contributed by atoms with van der Waals surface area (Å²) in [6.45, 7) is 4.89. The van der Waals surface area contributed by atoms with Crippen LogP contribution in [-0.4, -0.2) is 33.0 Å². The van der Waals surface area contributed by atoms with Crippen molar-refractivity contribution in [1.82, 2.24) is 20.1 Å². The van der Waals surface area contributed by atoms with Gasteiger partial charge in [0, 0.05) is 25.5 Å². The van der Waals surface area contributed by atoms with Gasteiger partial charge in [-0.25, -0.2) is 4.98 Å². The van der Waals surface area contributed by atoms with E-state index in [9.17, 15) is 4.79 Å². The van der Waals surface area contributed by atoms with Crippen LogP contribution in [-0.2, 0) is 13.5 Å². The van der Waals surface area contributed by atoms with Gasteiger partial charge in [-0.2, -0.15) is 5.10 Å². The summed E-state index contributed by atoms with van der Waals surface area (Å²) < 4.78 is 1.65. The Bertz CT molecular complexity index is 610. The second kappa shape index (κ2) is 7.98. The standard InChI is InChI=1S/C16H22N4OS/c1-12(2)10-13-11-14(20(3)19-13)16(21)18-8-9-22-15-6-4-5-7-17-15/h4-7,11-12H,8-10H2,1-3H3,(H,18,21). The lowest BCUT2D eigenvalue weighted by molar-refractivity contribution is 0.0947. The van der Waals surface area contributed by atoms with Crippen molar-refractivity contribution in [3.8, 4) is 0 Å². The maximum Gasteiger partial charge on any atom is 0.269 e. The lowest BCUT2D eigenvalue weighted by atomic mass is 10.1. The molecule has 0 aliphatic carbocycles. The molecule has 0 bridgehead atoms. The molecule has 5 nitrogen and oxygen atoms in total. The molecule has 1 N–H and O–H groups in total. The van der Waals surface area contributed by atoms with Gasteiger partial charge in [-0.3, -0.25) is 9.48 Å². The maximum atomic E-state index is 12.2. The van der Waals surface area contributed by atoms with E-state index < -0.39 is 0 Å². The average molecular weight is 318 g/mol. The fourth-order valence-electron chi connectivity index (χ4n) is 2.10. The molecular formula is C16H22N4OS. The van der Waals surface area contributed by atoms with Crippen molar-refractivity contribution in [1.29, 1.82) is 0 Å². The highest BCUT2D eigenvalue weighted by Crippen LogP contribution is 2.13. The number of carbonyl (C=O) groups excluding carboxylic acids is 1. The molecule has 22 heavy (non-hydrogen) atoms. The van der Waals surface area contributed by atoms with Crippen molar-refractivity contribution in [2.75, 3.05) is 12.3 Å². The fourth-order valence-corrected chi connectivity index (χ4v) is 2.82. The number of rotatable bonds is 7. The largest absolute Gasteiger partial charge is 0.350 e. The van der Waals surface area contributed by atoms with Gasteiger partial charge in [-0.15, -0.1) is 11.8 Å². The first-order valence-corrected chi connectivity index (χ1v) is 8.39. The first kappa shape index (κ1) is 16.5. The van der Waals surface area contributed by atoms with Crippen molar-refractivity contribution < 1.29 is 4.79 Å². The average Bonchev–Trinajstić information content (AvgIpc) is 2.84. The minimum Gasteiger partial charge on any atom is -0.350 e. The Balaban J connectivity index is 1.81. The first-order valence-electron chi connectivity index (χ1n) is 7.41. The van der Waals surface area contributed by atoms with Crippen LogP contribution in [0.2, 0.25) is 0 Å². The highest BCUT2D eigenvalue weighted by atomic mass is 32.2. The molecule has 0 aliphatic rings. The van der Waals surface area contributed by atoms with E-state index in [1.54, 1.807) is 29.7 Å². The number of aryl methyl sites for hydroxylation is 1. The van der Waals surface area contributed by atoms with E-state index in [4.69, 9.17) is 0 Å². The summed E-state index contributed by atoms with van der Waals surface area (Å²) in [4.78, 5) is 16.4. The summed E-state index contributed by atoms with van der Waals surface area (Å²) in [6, 6.07) is 7.69. The monoisotopic (exact) mass is 318 g/mol. The van der Waals surface area contributed by atoms with Gasteiger partial charge in [0.15, 0.2) is 0 Å². The number of amides is 1. The molecule has 0 unspecified atom stereocenters. The molecule has 2 heterocycles. The molecule has 0 radical (unpaired) electrons. The summed E-state index contributed by atoms with van der Waals surface area (Å²) in [5.41, 5.74) is 1.57. The molecule has 0 aromatic carbocycles. The Morgan fingerprint density at radius 2 is 2.23 bits per heavy atom. The molecule has 0 saturated heterocycles. The fraction of sp³-hybridized carbons (Fsp3) is 0.438. The summed E-state index contributed by atoms with van der Waals surface area (Å²) in [5.74, 6) is 1.24. The van der Waals surface area contributed by atoms with Gasteiger partial charge < -0.3 is 5.32 Å². The maximum absolute atomic E-state index is 12.2. The molecule has 2 aromatic rings. The molecule has 0 spiro atoms. The van der Waals surface area contributed by atoms with Gasteiger partial charge in [-0.1, -0.05) is 19.9 Å². The van der Waals surface area contributed by atoms with Crippen molar-refractivity contribution in [3.63, 3.8) is 0 Å². The zero-order valence-electron chi connectivity index (χ0n) is 13.2. The van der Waals surface area contributed by atoms with Crippen LogP contribution in [0.4, 0.5) is 0 Å². The van der Waals surface area contributed by atoms with E-state index in [0.29, 0.717) is 18.2 Å². The van der Waals surface area contributed by atoms with Gasteiger partial charge >= 0.3 is 0 Å². The molecule has 6 heteroatoms. The third-order valence-corrected chi connectivity index (χ3v) is 4.00.